The summed E-state index contributed by atoms with van der Waals surface area (Å²) in [4.78, 5) is 11.3. The van der Waals surface area contributed by atoms with Crippen molar-refractivity contribution in [3.63, 3.8) is 0 Å². The molecule has 1 heterocycles. The Hall–Kier alpha value is -0.650. The lowest BCUT2D eigenvalue weighted by molar-refractivity contribution is -0.122. The molecule has 3 N–H and O–H groups in total. The average Bonchev–Trinajstić information content (AvgIpc) is 2.78. The van der Waals surface area contributed by atoms with Crippen LogP contribution < -0.4 is 11.1 Å². The highest BCUT2D eigenvalue weighted by molar-refractivity contribution is 5.75. The first-order chi connectivity index (χ1) is 7.83. The average molecular weight is 230 g/mol. The third-order valence-corrected chi connectivity index (χ3v) is 2.50. The highest BCUT2D eigenvalue weighted by atomic mass is 16.5. The van der Waals surface area contributed by atoms with E-state index in [9.17, 15) is 4.79 Å². The molecule has 0 radical (unpaired) electrons. The highest BCUT2D eigenvalue weighted by Crippen LogP contribution is 2.11. The van der Waals surface area contributed by atoms with Gasteiger partial charge >= 0.3 is 0 Å². The molecule has 0 bridgehead atoms. The van der Waals surface area contributed by atoms with Gasteiger partial charge in [0, 0.05) is 19.6 Å². The fourth-order valence-corrected chi connectivity index (χ4v) is 1.57. The van der Waals surface area contributed by atoms with Gasteiger partial charge in [0.05, 0.1) is 19.3 Å². The predicted octanol–water partition coefficient (Wildman–Crippen LogP) is 0.0371. The summed E-state index contributed by atoms with van der Waals surface area (Å²) in [5.74, 6) is 0.0285. The van der Waals surface area contributed by atoms with Crippen molar-refractivity contribution in [3.8, 4) is 0 Å². The van der Waals surface area contributed by atoms with Crippen LogP contribution in [0.3, 0.4) is 0 Å². The van der Waals surface area contributed by atoms with Gasteiger partial charge < -0.3 is 20.5 Å². The summed E-state index contributed by atoms with van der Waals surface area (Å²) in [5, 5.41) is 2.78. The summed E-state index contributed by atoms with van der Waals surface area (Å²) >= 11 is 0. The van der Waals surface area contributed by atoms with E-state index in [1.807, 2.05) is 0 Å². The van der Waals surface area contributed by atoms with Crippen molar-refractivity contribution in [2.75, 3.05) is 32.9 Å². The summed E-state index contributed by atoms with van der Waals surface area (Å²) in [5.41, 5.74) is 5.32. The van der Waals surface area contributed by atoms with Crippen LogP contribution in [0, 0.1) is 0 Å². The summed E-state index contributed by atoms with van der Waals surface area (Å²) in [6.45, 7) is 3.18. The molecule has 1 unspecified atom stereocenters. The molecule has 5 nitrogen and oxygen atoms in total. The lowest BCUT2D eigenvalue weighted by atomic mass is 10.2. The number of carbonyl (C=O) groups excluding carboxylic acids is 1. The standard InChI is InChI=1S/C11H22N2O3/c12-5-2-6-13-11(14)4-8-15-9-10-3-1-7-16-10/h10H,1-9,12H2,(H,13,14). The van der Waals surface area contributed by atoms with Crippen LogP contribution in [0.15, 0.2) is 0 Å². The van der Waals surface area contributed by atoms with Gasteiger partial charge in [0.1, 0.15) is 0 Å². The minimum atomic E-state index is 0.0285. The van der Waals surface area contributed by atoms with E-state index in [0.717, 1.165) is 25.9 Å². The van der Waals surface area contributed by atoms with E-state index in [-0.39, 0.29) is 12.0 Å². The molecule has 1 fully saturated rings. The zero-order valence-corrected chi connectivity index (χ0v) is 9.74. The molecular weight excluding hydrogens is 208 g/mol. The highest BCUT2D eigenvalue weighted by Gasteiger charge is 2.15. The van der Waals surface area contributed by atoms with E-state index >= 15 is 0 Å². The Labute approximate surface area is 96.7 Å². The van der Waals surface area contributed by atoms with Crippen LogP contribution in [0.25, 0.3) is 0 Å². The minimum Gasteiger partial charge on any atom is -0.378 e. The first-order valence-electron chi connectivity index (χ1n) is 5.99. The topological polar surface area (TPSA) is 73.6 Å². The smallest absolute Gasteiger partial charge is 0.222 e. The van der Waals surface area contributed by atoms with Crippen molar-refractivity contribution in [2.24, 2.45) is 5.73 Å². The zero-order valence-electron chi connectivity index (χ0n) is 9.74. The first kappa shape index (κ1) is 13.4. The van der Waals surface area contributed by atoms with Crippen LogP contribution in [0.1, 0.15) is 25.7 Å². The monoisotopic (exact) mass is 230 g/mol. The third-order valence-electron chi connectivity index (χ3n) is 2.50. The number of nitrogens with two attached hydrogens (primary N) is 1. The van der Waals surface area contributed by atoms with Crippen molar-refractivity contribution in [2.45, 2.75) is 31.8 Å². The second-order valence-electron chi connectivity index (χ2n) is 3.95. The maximum absolute atomic E-state index is 11.3. The molecule has 0 aromatic rings. The van der Waals surface area contributed by atoms with Gasteiger partial charge in [-0.15, -0.1) is 0 Å². The number of nitrogens with one attached hydrogen (secondary N) is 1. The molecule has 0 aromatic carbocycles. The van der Waals surface area contributed by atoms with Crippen LogP contribution in [0.4, 0.5) is 0 Å². The third kappa shape index (κ3) is 6.05. The van der Waals surface area contributed by atoms with E-state index in [4.69, 9.17) is 15.2 Å². The molecule has 1 aliphatic heterocycles. The second-order valence-corrected chi connectivity index (χ2v) is 3.95. The second kappa shape index (κ2) is 8.50. The minimum absolute atomic E-state index is 0.0285. The molecule has 1 saturated heterocycles. The summed E-state index contributed by atoms with van der Waals surface area (Å²) in [6.07, 6.45) is 3.66. The van der Waals surface area contributed by atoms with Gasteiger partial charge in [-0.25, -0.2) is 0 Å². The molecule has 0 aromatic heterocycles. The van der Waals surface area contributed by atoms with Gasteiger partial charge in [-0.1, -0.05) is 0 Å². The Balaban J connectivity index is 1.87. The molecule has 1 rings (SSSR count). The molecule has 0 saturated carbocycles. The van der Waals surface area contributed by atoms with E-state index in [1.165, 1.54) is 0 Å². The SMILES string of the molecule is NCCCNC(=O)CCOCC1CCCO1. The van der Waals surface area contributed by atoms with E-state index < -0.39 is 0 Å². The lowest BCUT2D eigenvalue weighted by Gasteiger charge is -2.09. The number of hydrogen-bond donors (Lipinski definition) is 2. The van der Waals surface area contributed by atoms with E-state index in [2.05, 4.69) is 5.32 Å². The van der Waals surface area contributed by atoms with Gasteiger partial charge in [-0.2, -0.15) is 0 Å². The number of rotatable bonds is 8. The number of ether oxygens (including phenoxy) is 2. The molecule has 0 aliphatic carbocycles. The van der Waals surface area contributed by atoms with Crippen LogP contribution in [-0.2, 0) is 14.3 Å². The largest absolute Gasteiger partial charge is 0.378 e. The maximum Gasteiger partial charge on any atom is 0.222 e. The molecule has 1 amide bonds. The van der Waals surface area contributed by atoms with Gasteiger partial charge in [-0.3, -0.25) is 4.79 Å². The Morgan fingerprint density at radius 3 is 3.12 bits per heavy atom. The van der Waals surface area contributed by atoms with Crippen molar-refractivity contribution in [3.05, 3.63) is 0 Å². The van der Waals surface area contributed by atoms with Crippen LogP contribution in [0.5, 0.6) is 0 Å². The summed E-state index contributed by atoms with van der Waals surface area (Å²) < 4.78 is 10.8. The molecule has 0 spiro atoms. The summed E-state index contributed by atoms with van der Waals surface area (Å²) in [7, 11) is 0. The number of hydrogen-bond acceptors (Lipinski definition) is 4. The van der Waals surface area contributed by atoms with Gasteiger partial charge in [0.15, 0.2) is 0 Å². The van der Waals surface area contributed by atoms with Crippen LogP contribution in [-0.4, -0.2) is 44.9 Å². The van der Waals surface area contributed by atoms with Crippen molar-refractivity contribution in [1.29, 1.82) is 0 Å². The number of amides is 1. The van der Waals surface area contributed by atoms with Crippen molar-refractivity contribution < 1.29 is 14.3 Å². The van der Waals surface area contributed by atoms with Crippen LogP contribution in [0.2, 0.25) is 0 Å². The fraction of sp³-hybridized carbons (Fsp3) is 0.909. The van der Waals surface area contributed by atoms with Gasteiger partial charge in [0.25, 0.3) is 0 Å². The molecule has 1 atom stereocenters. The van der Waals surface area contributed by atoms with E-state index in [0.29, 0.717) is 32.7 Å². The Kier molecular flexibility index (Phi) is 7.12. The predicted molar refractivity (Wildman–Crippen MR) is 61.1 cm³/mol. The Morgan fingerprint density at radius 1 is 1.56 bits per heavy atom. The number of carbonyl (C=O) groups is 1. The molecule has 16 heavy (non-hydrogen) atoms. The first-order valence-corrected chi connectivity index (χ1v) is 5.99. The zero-order chi connectivity index (χ0) is 11.6. The lowest BCUT2D eigenvalue weighted by Crippen LogP contribution is -2.27. The van der Waals surface area contributed by atoms with Crippen molar-refractivity contribution >= 4 is 5.91 Å². The Morgan fingerprint density at radius 2 is 2.44 bits per heavy atom. The molecular formula is C11H22N2O3. The fourth-order valence-electron chi connectivity index (χ4n) is 1.57. The van der Waals surface area contributed by atoms with Gasteiger partial charge in [-0.05, 0) is 25.8 Å². The maximum atomic E-state index is 11.3. The quantitative estimate of drug-likeness (QED) is 0.577. The molecule has 94 valence electrons. The van der Waals surface area contributed by atoms with E-state index in [1.54, 1.807) is 0 Å². The van der Waals surface area contributed by atoms with Gasteiger partial charge in [0.2, 0.25) is 5.91 Å². The normalized spacial score (nSPS) is 19.9. The molecule has 1 aliphatic rings. The van der Waals surface area contributed by atoms with Crippen LogP contribution >= 0.6 is 0 Å². The van der Waals surface area contributed by atoms with Crippen molar-refractivity contribution in [1.82, 2.24) is 5.32 Å². The summed E-state index contributed by atoms with van der Waals surface area (Å²) in [6, 6.07) is 0. The Bertz CT molecular complexity index is 194. The molecule has 5 heteroatoms.